The average molecular weight is 402 g/mol. The molecule has 2 aromatic heterocycles. The van der Waals surface area contributed by atoms with Gasteiger partial charge in [0.2, 0.25) is 5.91 Å². The van der Waals surface area contributed by atoms with E-state index in [2.05, 4.69) is 22.0 Å². The van der Waals surface area contributed by atoms with Crippen LogP contribution in [0.1, 0.15) is 75.6 Å². The zero-order valence-electron chi connectivity index (χ0n) is 16.8. The van der Waals surface area contributed by atoms with E-state index in [4.69, 9.17) is 4.42 Å². The van der Waals surface area contributed by atoms with Gasteiger partial charge in [-0.15, -0.1) is 10.2 Å². The van der Waals surface area contributed by atoms with Crippen LogP contribution in [0.15, 0.2) is 22.8 Å². The van der Waals surface area contributed by atoms with Crippen LogP contribution >= 0.6 is 11.3 Å². The fourth-order valence-electron chi connectivity index (χ4n) is 4.70. The first-order valence-electron chi connectivity index (χ1n) is 10.9. The number of carbonyl (C=O) groups is 1. The van der Waals surface area contributed by atoms with Gasteiger partial charge in [-0.1, -0.05) is 37.5 Å². The van der Waals surface area contributed by atoms with Crippen LogP contribution < -0.4 is 0 Å². The molecule has 3 heterocycles. The average Bonchev–Trinajstić information content (AvgIpc) is 3.44. The van der Waals surface area contributed by atoms with Gasteiger partial charge in [0.25, 0.3) is 0 Å². The summed E-state index contributed by atoms with van der Waals surface area (Å²) in [4.78, 5) is 15.1. The molecule has 1 saturated heterocycles. The lowest BCUT2D eigenvalue weighted by Crippen LogP contribution is -2.42. The number of likely N-dealkylation sites (tertiary alicyclic amines) is 1. The summed E-state index contributed by atoms with van der Waals surface area (Å²) < 4.78 is 5.42. The molecule has 28 heavy (non-hydrogen) atoms. The Morgan fingerprint density at radius 2 is 1.96 bits per heavy atom. The van der Waals surface area contributed by atoms with Crippen molar-refractivity contribution in [2.45, 2.75) is 70.6 Å². The van der Waals surface area contributed by atoms with Crippen LogP contribution in [0, 0.1) is 11.8 Å². The normalized spacial score (nSPS) is 23.8. The number of unbranched alkanes of at least 4 members (excludes halogenated alkanes) is 1. The van der Waals surface area contributed by atoms with Crippen molar-refractivity contribution in [2.75, 3.05) is 13.1 Å². The van der Waals surface area contributed by atoms with Gasteiger partial charge in [0.15, 0.2) is 10.8 Å². The molecule has 1 aliphatic heterocycles. The van der Waals surface area contributed by atoms with Gasteiger partial charge >= 0.3 is 0 Å². The molecule has 0 N–H and O–H groups in total. The number of aromatic nitrogens is 2. The molecule has 0 spiro atoms. The number of hydrogen-bond acceptors (Lipinski definition) is 5. The summed E-state index contributed by atoms with van der Waals surface area (Å²) in [5.74, 6) is 2.72. The minimum atomic E-state index is 0.265. The maximum absolute atomic E-state index is 13.0. The van der Waals surface area contributed by atoms with Gasteiger partial charge in [-0.25, -0.2) is 0 Å². The highest BCUT2D eigenvalue weighted by Crippen LogP contribution is 2.36. The van der Waals surface area contributed by atoms with Crippen molar-refractivity contribution in [2.24, 2.45) is 11.8 Å². The molecule has 6 heteroatoms. The fourth-order valence-corrected chi connectivity index (χ4v) is 5.68. The Labute approximate surface area is 171 Å². The number of rotatable bonds is 6. The van der Waals surface area contributed by atoms with Gasteiger partial charge in [-0.05, 0) is 56.6 Å². The Morgan fingerprint density at radius 1 is 1.18 bits per heavy atom. The fraction of sp³-hybridized carbons (Fsp3) is 0.682. The van der Waals surface area contributed by atoms with Crippen LogP contribution in [0.4, 0.5) is 0 Å². The Kier molecular flexibility index (Phi) is 6.45. The van der Waals surface area contributed by atoms with Crippen LogP contribution in [-0.4, -0.2) is 34.1 Å². The molecule has 5 nitrogen and oxygen atoms in total. The number of hydrogen-bond donors (Lipinski definition) is 0. The van der Waals surface area contributed by atoms with Crippen molar-refractivity contribution in [3.05, 3.63) is 23.4 Å². The maximum Gasteiger partial charge on any atom is 0.225 e. The molecule has 0 aromatic carbocycles. The van der Waals surface area contributed by atoms with E-state index >= 15 is 0 Å². The largest absolute Gasteiger partial charge is 0.462 e. The van der Waals surface area contributed by atoms with Crippen LogP contribution in [0.25, 0.3) is 10.8 Å². The smallest absolute Gasteiger partial charge is 0.225 e. The summed E-state index contributed by atoms with van der Waals surface area (Å²) in [6, 6.07) is 3.79. The zero-order valence-corrected chi connectivity index (χ0v) is 17.6. The topological polar surface area (TPSA) is 59.2 Å². The molecule has 2 aliphatic rings. The van der Waals surface area contributed by atoms with Crippen molar-refractivity contribution in [3.63, 3.8) is 0 Å². The van der Waals surface area contributed by atoms with Crippen molar-refractivity contribution < 1.29 is 9.21 Å². The molecular weight excluding hydrogens is 370 g/mol. The van der Waals surface area contributed by atoms with E-state index in [1.165, 1.54) is 32.1 Å². The summed E-state index contributed by atoms with van der Waals surface area (Å²) in [6.07, 6.45) is 12.3. The van der Waals surface area contributed by atoms with Crippen LogP contribution in [0.3, 0.4) is 0 Å². The third kappa shape index (κ3) is 4.48. The van der Waals surface area contributed by atoms with E-state index in [-0.39, 0.29) is 5.92 Å². The quantitative estimate of drug-likeness (QED) is 0.641. The Bertz CT molecular complexity index is 742. The van der Waals surface area contributed by atoms with E-state index < -0.39 is 0 Å². The third-order valence-electron chi connectivity index (χ3n) is 6.49. The van der Waals surface area contributed by atoms with Crippen molar-refractivity contribution in [1.29, 1.82) is 0 Å². The summed E-state index contributed by atoms with van der Waals surface area (Å²) in [7, 11) is 0. The third-order valence-corrected chi connectivity index (χ3v) is 7.59. The molecule has 1 aliphatic carbocycles. The molecule has 0 radical (unpaired) electrons. The number of piperidine rings is 1. The second-order valence-electron chi connectivity index (χ2n) is 8.38. The van der Waals surface area contributed by atoms with E-state index in [9.17, 15) is 4.79 Å². The SMILES string of the molecule is CCCCC1CCC(C(=O)N2CCC(c3nnc(-c4ccco4)s3)CC2)CC1. The summed E-state index contributed by atoms with van der Waals surface area (Å²) in [5, 5.41) is 10.6. The number of carbonyl (C=O) groups excluding carboxylic acids is 1. The van der Waals surface area contributed by atoms with Crippen LogP contribution in [0.2, 0.25) is 0 Å². The molecule has 2 aromatic rings. The molecule has 0 atom stereocenters. The second kappa shape index (κ2) is 9.21. The lowest BCUT2D eigenvalue weighted by Gasteiger charge is -2.36. The van der Waals surface area contributed by atoms with E-state index in [1.807, 2.05) is 12.1 Å². The van der Waals surface area contributed by atoms with Gasteiger partial charge in [0.1, 0.15) is 5.01 Å². The van der Waals surface area contributed by atoms with Gasteiger partial charge in [0.05, 0.1) is 6.26 Å². The number of nitrogens with zero attached hydrogens (tertiary/aromatic N) is 3. The first-order valence-corrected chi connectivity index (χ1v) is 11.7. The molecule has 2 fully saturated rings. The monoisotopic (exact) mass is 401 g/mol. The lowest BCUT2D eigenvalue weighted by atomic mass is 9.79. The lowest BCUT2D eigenvalue weighted by molar-refractivity contribution is -0.138. The zero-order chi connectivity index (χ0) is 19.3. The molecule has 0 bridgehead atoms. The Hall–Kier alpha value is -1.69. The molecular formula is C22H31N3O2S. The highest BCUT2D eigenvalue weighted by molar-refractivity contribution is 7.14. The first kappa shape index (κ1) is 19.6. The van der Waals surface area contributed by atoms with Gasteiger partial charge < -0.3 is 9.32 Å². The summed E-state index contributed by atoms with van der Waals surface area (Å²) in [6.45, 7) is 3.97. The molecule has 4 rings (SSSR count). The number of furan rings is 1. The van der Waals surface area contributed by atoms with Gasteiger partial charge in [0, 0.05) is 24.9 Å². The standard InChI is InChI=1S/C22H31N3O2S/c1-2-3-5-16-7-9-18(10-8-16)22(26)25-13-11-17(12-14-25)20-23-24-21(28-20)19-6-4-15-27-19/h4,6,15-18H,2-3,5,7-14H2,1H3. The van der Waals surface area contributed by atoms with E-state index in [0.717, 1.165) is 60.5 Å². The highest BCUT2D eigenvalue weighted by atomic mass is 32.1. The van der Waals surface area contributed by atoms with E-state index in [0.29, 0.717) is 11.8 Å². The first-order chi connectivity index (χ1) is 13.7. The van der Waals surface area contributed by atoms with Crippen molar-refractivity contribution in [3.8, 4) is 10.8 Å². The molecule has 0 unspecified atom stereocenters. The highest BCUT2D eigenvalue weighted by Gasteiger charge is 2.32. The van der Waals surface area contributed by atoms with Crippen LogP contribution in [0.5, 0.6) is 0 Å². The second-order valence-corrected chi connectivity index (χ2v) is 9.39. The molecule has 1 saturated carbocycles. The molecule has 1 amide bonds. The van der Waals surface area contributed by atoms with Crippen molar-refractivity contribution >= 4 is 17.2 Å². The Morgan fingerprint density at radius 3 is 2.64 bits per heavy atom. The summed E-state index contributed by atoms with van der Waals surface area (Å²) in [5.41, 5.74) is 0. The maximum atomic E-state index is 13.0. The van der Waals surface area contributed by atoms with Gasteiger partial charge in [-0.2, -0.15) is 0 Å². The minimum absolute atomic E-state index is 0.265. The summed E-state index contributed by atoms with van der Waals surface area (Å²) >= 11 is 1.62. The van der Waals surface area contributed by atoms with E-state index in [1.54, 1.807) is 17.6 Å². The predicted molar refractivity (Wildman–Crippen MR) is 111 cm³/mol. The predicted octanol–water partition coefficient (Wildman–Crippen LogP) is 5.50. The minimum Gasteiger partial charge on any atom is -0.462 e. The van der Waals surface area contributed by atoms with Gasteiger partial charge in [-0.3, -0.25) is 4.79 Å². The molecule has 152 valence electrons. The van der Waals surface area contributed by atoms with Crippen LogP contribution in [-0.2, 0) is 4.79 Å². The number of amides is 1. The Balaban J connectivity index is 1.26. The van der Waals surface area contributed by atoms with Crippen molar-refractivity contribution in [1.82, 2.24) is 15.1 Å².